The Morgan fingerprint density at radius 2 is 1.89 bits per heavy atom. The Hall–Kier alpha value is -4.00. The molecule has 0 bridgehead atoms. The molecular weight excluding hydrogens is 358 g/mol. The molecule has 7 heteroatoms. The van der Waals surface area contributed by atoms with E-state index in [9.17, 15) is 15.2 Å². The molecule has 1 aromatic heterocycles. The van der Waals surface area contributed by atoms with Crippen molar-refractivity contribution < 1.29 is 14.4 Å². The first-order chi connectivity index (χ1) is 13.5. The number of rotatable bonds is 4. The van der Waals surface area contributed by atoms with Gasteiger partial charge in [0.15, 0.2) is 5.58 Å². The van der Waals surface area contributed by atoms with Gasteiger partial charge in [-0.05, 0) is 37.3 Å². The second kappa shape index (κ2) is 6.96. The minimum Gasteiger partial charge on any atom is -0.507 e. The number of fused-ring (bicyclic) bond motifs is 1. The summed E-state index contributed by atoms with van der Waals surface area (Å²) in [5.41, 5.74) is 4.03. The van der Waals surface area contributed by atoms with Crippen molar-refractivity contribution in [3.63, 3.8) is 0 Å². The second-order valence-electron chi connectivity index (χ2n) is 6.30. The van der Waals surface area contributed by atoms with Crippen molar-refractivity contribution in [2.75, 3.05) is 0 Å². The highest BCUT2D eigenvalue weighted by atomic mass is 16.6. The lowest BCUT2D eigenvalue weighted by Crippen LogP contribution is -1.90. The summed E-state index contributed by atoms with van der Waals surface area (Å²) in [7, 11) is 0. The van der Waals surface area contributed by atoms with E-state index in [4.69, 9.17) is 4.42 Å². The lowest BCUT2D eigenvalue weighted by atomic mass is 10.1. The Bertz CT molecular complexity index is 1210. The van der Waals surface area contributed by atoms with E-state index in [2.05, 4.69) is 9.98 Å². The molecule has 0 unspecified atom stereocenters. The largest absolute Gasteiger partial charge is 0.507 e. The van der Waals surface area contributed by atoms with Crippen LogP contribution in [-0.2, 0) is 0 Å². The maximum absolute atomic E-state index is 10.9. The third-order valence-electron chi connectivity index (χ3n) is 4.25. The van der Waals surface area contributed by atoms with Crippen molar-refractivity contribution in [3.8, 4) is 17.2 Å². The Balaban J connectivity index is 1.65. The quantitative estimate of drug-likeness (QED) is 0.302. The minimum absolute atomic E-state index is 0.0863. The molecule has 1 N–H and O–H groups in total. The molecule has 0 amide bonds. The van der Waals surface area contributed by atoms with Crippen LogP contribution in [0.2, 0.25) is 0 Å². The highest BCUT2D eigenvalue weighted by Crippen LogP contribution is 2.28. The number of hydrogen-bond donors (Lipinski definition) is 1. The molecule has 0 saturated carbocycles. The predicted octanol–water partition coefficient (Wildman–Crippen LogP) is 5.17. The molecular formula is C21H15N3O4. The van der Waals surface area contributed by atoms with Crippen LogP contribution in [0.4, 0.5) is 11.4 Å². The lowest BCUT2D eigenvalue weighted by molar-refractivity contribution is -0.384. The van der Waals surface area contributed by atoms with Crippen molar-refractivity contribution in [1.82, 2.24) is 4.98 Å². The molecule has 0 aliphatic rings. The number of nitrogens with zero attached hydrogens (tertiary/aromatic N) is 3. The van der Waals surface area contributed by atoms with E-state index < -0.39 is 4.92 Å². The van der Waals surface area contributed by atoms with Gasteiger partial charge in [-0.25, -0.2) is 4.98 Å². The third kappa shape index (κ3) is 3.45. The van der Waals surface area contributed by atoms with E-state index in [1.165, 1.54) is 24.4 Å². The van der Waals surface area contributed by atoms with Gasteiger partial charge in [-0.15, -0.1) is 0 Å². The zero-order valence-electron chi connectivity index (χ0n) is 14.9. The van der Waals surface area contributed by atoms with Crippen LogP contribution in [0.1, 0.15) is 11.1 Å². The number of oxazole rings is 1. The first-order valence-corrected chi connectivity index (χ1v) is 8.49. The van der Waals surface area contributed by atoms with E-state index in [1.807, 2.05) is 31.2 Å². The summed E-state index contributed by atoms with van der Waals surface area (Å²) < 4.78 is 5.84. The van der Waals surface area contributed by atoms with Crippen LogP contribution < -0.4 is 0 Å². The monoisotopic (exact) mass is 373 g/mol. The van der Waals surface area contributed by atoms with Crippen molar-refractivity contribution in [3.05, 3.63) is 81.9 Å². The Morgan fingerprint density at radius 1 is 1.11 bits per heavy atom. The number of phenolic OH excluding ortho intramolecular Hbond substituents is 1. The first-order valence-electron chi connectivity index (χ1n) is 8.49. The minimum atomic E-state index is -0.524. The van der Waals surface area contributed by atoms with E-state index in [-0.39, 0.29) is 17.0 Å². The van der Waals surface area contributed by atoms with Crippen molar-refractivity contribution in [1.29, 1.82) is 0 Å². The number of hydrogen-bond acceptors (Lipinski definition) is 6. The zero-order valence-corrected chi connectivity index (χ0v) is 14.9. The topological polar surface area (TPSA) is 102 Å². The number of aryl methyl sites for hydroxylation is 1. The van der Waals surface area contributed by atoms with E-state index in [1.54, 1.807) is 18.2 Å². The third-order valence-corrected chi connectivity index (χ3v) is 4.25. The number of nitro groups is 1. The Labute approximate surface area is 159 Å². The van der Waals surface area contributed by atoms with Gasteiger partial charge >= 0.3 is 0 Å². The highest BCUT2D eigenvalue weighted by molar-refractivity contribution is 5.87. The highest BCUT2D eigenvalue weighted by Gasteiger charge is 2.10. The summed E-state index contributed by atoms with van der Waals surface area (Å²) in [5, 5.41) is 20.8. The summed E-state index contributed by atoms with van der Waals surface area (Å²) in [6, 6.07) is 16.9. The average molecular weight is 373 g/mol. The van der Waals surface area contributed by atoms with Gasteiger partial charge in [-0.2, -0.15) is 0 Å². The van der Waals surface area contributed by atoms with Crippen LogP contribution in [0.25, 0.3) is 22.6 Å². The van der Waals surface area contributed by atoms with Gasteiger partial charge in [0.1, 0.15) is 11.3 Å². The normalized spacial score (nSPS) is 11.3. The number of aromatic hydroxyl groups is 1. The fraction of sp³-hybridized carbons (Fsp3) is 0.0476. The van der Waals surface area contributed by atoms with E-state index in [0.717, 1.165) is 11.1 Å². The molecule has 3 aromatic carbocycles. The molecule has 0 radical (unpaired) electrons. The summed E-state index contributed by atoms with van der Waals surface area (Å²) in [6.07, 6.45) is 1.38. The maximum Gasteiger partial charge on any atom is 0.270 e. The lowest BCUT2D eigenvalue weighted by Gasteiger charge is -1.99. The molecule has 0 aliphatic heterocycles. The second-order valence-corrected chi connectivity index (χ2v) is 6.30. The number of aromatic nitrogens is 1. The molecule has 28 heavy (non-hydrogen) atoms. The number of nitro benzene ring substituents is 1. The Kier molecular flexibility index (Phi) is 4.33. The molecule has 1 heterocycles. The number of non-ortho nitro benzene ring substituents is 1. The van der Waals surface area contributed by atoms with Crippen LogP contribution in [0.15, 0.2) is 70.1 Å². The number of benzene rings is 3. The zero-order chi connectivity index (χ0) is 19.7. The molecule has 138 valence electrons. The van der Waals surface area contributed by atoms with Crippen LogP contribution in [-0.4, -0.2) is 21.2 Å². The van der Waals surface area contributed by atoms with E-state index in [0.29, 0.717) is 22.7 Å². The molecule has 4 rings (SSSR count). The fourth-order valence-electron chi connectivity index (χ4n) is 2.72. The van der Waals surface area contributed by atoms with Crippen LogP contribution in [0, 0.1) is 17.0 Å². The molecule has 0 saturated heterocycles. The molecule has 0 fully saturated rings. The SMILES string of the molecule is Cc1ccc(-c2nc3ccc(N=Cc4cc([N+](=O)[O-])ccc4O)cc3o2)cc1. The molecule has 4 aromatic rings. The standard InChI is InChI=1S/C21H15N3O4/c1-13-2-4-14(5-3-13)21-23-18-8-6-16(11-20(18)28-21)22-12-15-10-17(24(26)27)7-9-19(15)25/h2-12,25H,1H3. The first kappa shape index (κ1) is 17.4. The summed E-state index contributed by atoms with van der Waals surface area (Å²) in [4.78, 5) is 19.1. The van der Waals surface area contributed by atoms with Gasteiger partial charge < -0.3 is 9.52 Å². The summed E-state index contributed by atoms with van der Waals surface area (Å²) in [6.45, 7) is 2.01. The molecule has 0 spiro atoms. The van der Waals surface area contributed by atoms with Crippen molar-refractivity contribution in [2.24, 2.45) is 4.99 Å². The molecule has 0 aliphatic carbocycles. The molecule has 0 atom stereocenters. The van der Waals surface area contributed by atoms with Crippen LogP contribution in [0.3, 0.4) is 0 Å². The van der Waals surface area contributed by atoms with Gasteiger partial charge in [-0.1, -0.05) is 17.7 Å². The number of phenols is 1. The van der Waals surface area contributed by atoms with Gasteiger partial charge in [0.05, 0.1) is 10.6 Å². The summed E-state index contributed by atoms with van der Waals surface area (Å²) >= 11 is 0. The van der Waals surface area contributed by atoms with Gasteiger partial charge in [0.25, 0.3) is 5.69 Å². The van der Waals surface area contributed by atoms with Gasteiger partial charge in [-0.3, -0.25) is 15.1 Å². The smallest absolute Gasteiger partial charge is 0.270 e. The van der Waals surface area contributed by atoms with Crippen LogP contribution in [0.5, 0.6) is 5.75 Å². The Morgan fingerprint density at radius 3 is 2.64 bits per heavy atom. The average Bonchev–Trinajstić information content (AvgIpc) is 3.11. The van der Waals surface area contributed by atoms with E-state index >= 15 is 0 Å². The number of aliphatic imine (C=N–C) groups is 1. The predicted molar refractivity (Wildman–Crippen MR) is 106 cm³/mol. The molecule has 7 nitrogen and oxygen atoms in total. The van der Waals surface area contributed by atoms with Crippen LogP contribution >= 0.6 is 0 Å². The maximum atomic E-state index is 10.9. The van der Waals surface area contributed by atoms with Crippen molar-refractivity contribution in [2.45, 2.75) is 6.92 Å². The summed E-state index contributed by atoms with van der Waals surface area (Å²) in [5.74, 6) is 0.434. The van der Waals surface area contributed by atoms with Gasteiger partial charge in [0, 0.05) is 35.5 Å². The fourth-order valence-corrected chi connectivity index (χ4v) is 2.72. The van der Waals surface area contributed by atoms with Crippen molar-refractivity contribution >= 4 is 28.7 Å². The van der Waals surface area contributed by atoms with Gasteiger partial charge in [0.2, 0.25) is 5.89 Å².